The van der Waals surface area contributed by atoms with Crippen LogP contribution in [-0.4, -0.2) is 9.97 Å². The minimum atomic E-state index is -0.503. The fraction of sp³-hybridized carbons (Fsp3) is 0.111. The first-order valence-corrected chi connectivity index (χ1v) is 7.22. The molecule has 4 nitrogen and oxygen atoms in total. The highest BCUT2D eigenvalue weighted by Crippen LogP contribution is 2.26. The van der Waals surface area contributed by atoms with Crippen LogP contribution < -0.4 is 5.63 Å². The second kappa shape index (κ2) is 4.78. The first-order valence-electron chi connectivity index (χ1n) is 7.22. The molecule has 3 heterocycles. The van der Waals surface area contributed by atoms with Crippen LogP contribution in [0.2, 0.25) is 0 Å². The van der Waals surface area contributed by atoms with E-state index in [4.69, 9.17) is 4.42 Å². The number of halogens is 1. The molecule has 23 heavy (non-hydrogen) atoms. The Labute approximate surface area is 130 Å². The number of aryl methyl sites for hydroxylation is 2. The smallest absolute Gasteiger partial charge is 0.345 e. The summed E-state index contributed by atoms with van der Waals surface area (Å²) in [5.74, 6) is -0.434. The third kappa shape index (κ3) is 2.21. The minimum Gasteiger partial charge on any atom is -0.422 e. The predicted molar refractivity (Wildman–Crippen MR) is 87.0 cm³/mol. The van der Waals surface area contributed by atoms with E-state index < -0.39 is 11.4 Å². The summed E-state index contributed by atoms with van der Waals surface area (Å²) in [6, 6.07) is 9.72. The number of nitrogens with one attached hydrogen (secondary N) is 1. The van der Waals surface area contributed by atoms with Crippen molar-refractivity contribution in [3.8, 4) is 11.3 Å². The van der Waals surface area contributed by atoms with Gasteiger partial charge in [0.15, 0.2) is 0 Å². The van der Waals surface area contributed by atoms with E-state index >= 15 is 0 Å². The summed E-state index contributed by atoms with van der Waals surface area (Å²) in [6.45, 7) is 3.85. The quantitative estimate of drug-likeness (QED) is 0.539. The Hall–Kier alpha value is -2.95. The zero-order valence-electron chi connectivity index (χ0n) is 12.6. The highest BCUT2D eigenvalue weighted by Gasteiger charge is 2.12. The Morgan fingerprint density at radius 3 is 2.74 bits per heavy atom. The van der Waals surface area contributed by atoms with Crippen molar-refractivity contribution < 1.29 is 8.81 Å². The SMILES string of the molecule is Cc1cc2cc(-c3cc4ccc(F)cc4oc3=O)[nH]c2c(C)n1. The number of aromatic amines is 1. The lowest BCUT2D eigenvalue weighted by molar-refractivity contribution is 0.556. The van der Waals surface area contributed by atoms with E-state index in [9.17, 15) is 9.18 Å². The van der Waals surface area contributed by atoms with Crippen molar-refractivity contribution in [3.63, 3.8) is 0 Å². The van der Waals surface area contributed by atoms with Crippen molar-refractivity contribution in [1.82, 2.24) is 9.97 Å². The molecule has 0 radical (unpaired) electrons. The van der Waals surface area contributed by atoms with E-state index in [0.717, 1.165) is 22.3 Å². The van der Waals surface area contributed by atoms with E-state index in [2.05, 4.69) is 9.97 Å². The van der Waals surface area contributed by atoms with Gasteiger partial charge in [0, 0.05) is 22.5 Å². The molecule has 3 aromatic heterocycles. The molecule has 0 saturated carbocycles. The Bertz CT molecular complexity index is 1130. The average molecular weight is 308 g/mol. The third-order valence-corrected chi connectivity index (χ3v) is 3.91. The molecule has 4 aromatic rings. The second-order valence-corrected chi connectivity index (χ2v) is 5.63. The van der Waals surface area contributed by atoms with Gasteiger partial charge in [-0.3, -0.25) is 4.98 Å². The summed E-state index contributed by atoms with van der Waals surface area (Å²) in [7, 11) is 0. The van der Waals surface area contributed by atoms with E-state index in [1.54, 1.807) is 12.1 Å². The fourth-order valence-corrected chi connectivity index (χ4v) is 2.88. The molecule has 4 rings (SSSR count). The van der Waals surface area contributed by atoms with Crippen LogP contribution in [0.4, 0.5) is 4.39 Å². The fourth-order valence-electron chi connectivity index (χ4n) is 2.88. The van der Waals surface area contributed by atoms with Crippen LogP contribution in [0.1, 0.15) is 11.4 Å². The lowest BCUT2D eigenvalue weighted by Crippen LogP contribution is -2.02. The standard InChI is InChI=1S/C18H13FN2O2/c1-9-5-12-7-15(21-17(12)10(2)20-9)14-6-11-3-4-13(19)8-16(11)23-18(14)22/h3-8,21H,1-2H3. The Balaban J connectivity index is 1.98. The molecular formula is C18H13FN2O2. The maximum Gasteiger partial charge on any atom is 0.345 e. The van der Waals surface area contributed by atoms with Gasteiger partial charge in [-0.05, 0) is 44.2 Å². The van der Waals surface area contributed by atoms with Crippen LogP contribution in [0, 0.1) is 19.7 Å². The number of hydrogen-bond acceptors (Lipinski definition) is 3. The molecular weight excluding hydrogens is 295 g/mol. The number of rotatable bonds is 1. The molecule has 0 aliphatic heterocycles. The predicted octanol–water partition coefficient (Wildman–Crippen LogP) is 4.09. The maximum absolute atomic E-state index is 13.2. The van der Waals surface area contributed by atoms with E-state index in [1.165, 1.54) is 12.1 Å². The molecule has 0 amide bonds. The summed E-state index contributed by atoms with van der Waals surface area (Å²) >= 11 is 0. The molecule has 0 saturated heterocycles. The monoisotopic (exact) mass is 308 g/mol. The highest BCUT2D eigenvalue weighted by atomic mass is 19.1. The van der Waals surface area contributed by atoms with Crippen LogP contribution in [0.3, 0.4) is 0 Å². The number of fused-ring (bicyclic) bond motifs is 2. The van der Waals surface area contributed by atoms with E-state index in [1.807, 2.05) is 26.0 Å². The Kier molecular flexibility index (Phi) is 2.84. The van der Waals surface area contributed by atoms with Gasteiger partial charge in [-0.1, -0.05) is 0 Å². The third-order valence-electron chi connectivity index (χ3n) is 3.91. The van der Waals surface area contributed by atoms with Crippen LogP contribution in [0.15, 0.2) is 45.6 Å². The molecule has 0 fully saturated rings. The number of benzene rings is 1. The maximum atomic E-state index is 13.2. The second-order valence-electron chi connectivity index (χ2n) is 5.63. The normalized spacial score (nSPS) is 11.4. The average Bonchev–Trinajstić information content (AvgIpc) is 2.90. The van der Waals surface area contributed by atoms with Gasteiger partial charge in [0.05, 0.1) is 22.5 Å². The highest BCUT2D eigenvalue weighted by molar-refractivity contribution is 5.89. The van der Waals surface area contributed by atoms with Gasteiger partial charge in [0.25, 0.3) is 0 Å². The van der Waals surface area contributed by atoms with Gasteiger partial charge < -0.3 is 9.40 Å². The topological polar surface area (TPSA) is 58.9 Å². The molecule has 0 unspecified atom stereocenters. The van der Waals surface area contributed by atoms with Crippen molar-refractivity contribution in [2.24, 2.45) is 0 Å². The van der Waals surface area contributed by atoms with Crippen LogP contribution in [0.5, 0.6) is 0 Å². The van der Waals surface area contributed by atoms with Crippen molar-refractivity contribution in [2.75, 3.05) is 0 Å². The molecule has 0 aliphatic rings. The number of nitrogens with zero attached hydrogens (tertiary/aromatic N) is 1. The summed E-state index contributed by atoms with van der Waals surface area (Å²) in [4.78, 5) is 19.9. The van der Waals surface area contributed by atoms with Crippen LogP contribution >= 0.6 is 0 Å². The van der Waals surface area contributed by atoms with Gasteiger partial charge in [0.1, 0.15) is 11.4 Å². The molecule has 0 atom stereocenters. The van der Waals surface area contributed by atoms with Crippen molar-refractivity contribution in [1.29, 1.82) is 0 Å². The summed E-state index contributed by atoms with van der Waals surface area (Å²) < 4.78 is 18.5. The first-order chi connectivity index (χ1) is 11.0. The van der Waals surface area contributed by atoms with Gasteiger partial charge in [-0.25, -0.2) is 9.18 Å². The first kappa shape index (κ1) is 13.7. The van der Waals surface area contributed by atoms with E-state index in [0.29, 0.717) is 16.6 Å². The number of hydrogen-bond donors (Lipinski definition) is 1. The van der Waals surface area contributed by atoms with E-state index in [-0.39, 0.29) is 5.58 Å². The molecule has 5 heteroatoms. The molecule has 114 valence electrons. The Morgan fingerprint density at radius 1 is 1.09 bits per heavy atom. The lowest BCUT2D eigenvalue weighted by atomic mass is 10.1. The van der Waals surface area contributed by atoms with Crippen LogP contribution in [0.25, 0.3) is 33.1 Å². The van der Waals surface area contributed by atoms with Crippen LogP contribution in [-0.2, 0) is 0 Å². The summed E-state index contributed by atoms with van der Waals surface area (Å²) in [6.07, 6.45) is 0. The van der Waals surface area contributed by atoms with Crippen molar-refractivity contribution in [3.05, 3.63) is 64.0 Å². The van der Waals surface area contributed by atoms with Gasteiger partial charge in [-0.15, -0.1) is 0 Å². The minimum absolute atomic E-state index is 0.239. The van der Waals surface area contributed by atoms with Gasteiger partial charge in [0.2, 0.25) is 0 Å². The lowest BCUT2D eigenvalue weighted by Gasteiger charge is -2.00. The van der Waals surface area contributed by atoms with Crippen molar-refractivity contribution >= 4 is 21.9 Å². The Morgan fingerprint density at radius 2 is 1.91 bits per heavy atom. The molecule has 0 spiro atoms. The number of pyridine rings is 1. The molecule has 1 N–H and O–H groups in total. The van der Waals surface area contributed by atoms with Crippen molar-refractivity contribution in [2.45, 2.75) is 13.8 Å². The largest absolute Gasteiger partial charge is 0.422 e. The zero-order valence-corrected chi connectivity index (χ0v) is 12.6. The summed E-state index contributed by atoms with van der Waals surface area (Å²) in [5, 5.41) is 1.66. The molecule has 0 aliphatic carbocycles. The molecule has 0 bridgehead atoms. The number of aromatic nitrogens is 2. The summed E-state index contributed by atoms with van der Waals surface area (Å²) in [5.41, 5.74) is 3.50. The number of H-pyrrole nitrogens is 1. The van der Waals surface area contributed by atoms with Gasteiger partial charge in [-0.2, -0.15) is 0 Å². The molecule has 1 aromatic carbocycles. The zero-order chi connectivity index (χ0) is 16.1. The van der Waals surface area contributed by atoms with Gasteiger partial charge >= 0.3 is 5.63 Å².